The summed E-state index contributed by atoms with van der Waals surface area (Å²) in [6, 6.07) is 8.18. The zero-order valence-corrected chi connectivity index (χ0v) is 10.9. The van der Waals surface area contributed by atoms with Crippen molar-refractivity contribution in [2.24, 2.45) is 0 Å². The van der Waals surface area contributed by atoms with Crippen LogP contribution in [0.25, 0.3) is 0 Å². The number of nitrogens with one attached hydrogen (secondary N) is 1. The van der Waals surface area contributed by atoms with Gasteiger partial charge in [-0.15, -0.1) is 0 Å². The summed E-state index contributed by atoms with van der Waals surface area (Å²) < 4.78 is 0. The van der Waals surface area contributed by atoms with Gasteiger partial charge in [0.05, 0.1) is 5.92 Å². The molecule has 0 aliphatic rings. The quantitative estimate of drug-likeness (QED) is 0.690. The van der Waals surface area contributed by atoms with Crippen molar-refractivity contribution in [3.05, 3.63) is 35.9 Å². The first-order valence-corrected chi connectivity index (χ1v) is 6.29. The highest BCUT2D eigenvalue weighted by Crippen LogP contribution is 2.19. The molecule has 19 heavy (non-hydrogen) atoms. The van der Waals surface area contributed by atoms with Crippen molar-refractivity contribution < 1.29 is 19.8 Å². The largest absolute Gasteiger partial charge is 0.480 e. The Balaban J connectivity index is 2.76. The van der Waals surface area contributed by atoms with Crippen LogP contribution in [-0.2, 0) is 9.59 Å². The number of aliphatic hydroxyl groups is 1. The lowest BCUT2D eigenvalue weighted by Crippen LogP contribution is -2.43. The molecule has 0 aromatic heterocycles. The molecule has 0 spiro atoms. The third-order valence-corrected chi connectivity index (χ3v) is 2.96. The number of benzene rings is 1. The molecule has 0 bridgehead atoms. The van der Waals surface area contributed by atoms with E-state index in [9.17, 15) is 9.59 Å². The molecule has 1 rings (SSSR count). The fourth-order valence-electron chi connectivity index (χ4n) is 1.92. The fraction of sp³-hybridized carbons (Fsp3) is 0.429. The van der Waals surface area contributed by atoms with Crippen molar-refractivity contribution in [2.45, 2.75) is 31.7 Å². The molecule has 5 nitrogen and oxygen atoms in total. The van der Waals surface area contributed by atoms with Crippen LogP contribution < -0.4 is 5.32 Å². The molecule has 3 N–H and O–H groups in total. The molecule has 2 unspecified atom stereocenters. The number of rotatable bonds is 7. The van der Waals surface area contributed by atoms with Gasteiger partial charge in [0.15, 0.2) is 0 Å². The highest BCUT2D eigenvalue weighted by atomic mass is 16.4. The predicted octanol–water partition coefficient (Wildman–Crippen LogP) is 1.13. The van der Waals surface area contributed by atoms with Crippen LogP contribution in [-0.4, -0.2) is 34.7 Å². The summed E-state index contributed by atoms with van der Waals surface area (Å²) in [6.07, 6.45) is 0.591. The van der Waals surface area contributed by atoms with Crippen molar-refractivity contribution in [3.63, 3.8) is 0 Å². The van der Waals surface area contributed by atoms with E-state index >= 15 is 0 Å². The summed E-state index contributed by atoms with van der Waals surface area (Å²) in [5.74, 6) is -1.83. The summed E-state index contributed by atoms with van der Waals surface area (Å²) in [5.41, 5.74) is 0.857. The molecular formula is C14H19NO4. The van der Waals surface area contributed by atoms with Crippen molar-refractivity contribution in [2.75, 3.05) is 6.61 Å². The highest BCUT2D eigenvalue weighted by molar-refractivity contribution is 5.88. The first-order valence-electron chi connectivity index (χ1n) is 6.29. The maximum Gasteiger partial charge on any atom is 0.326 e. The predicted molar refractivity (Wildman–Crippen MR) is 70.7 cm³/mol. The summed E-state index contributed by atoms with van der Waals surface area (Å²) >= 11 is 0. The number of aliphatic carboxylic acids is 1. The van der Waals surface area contributed by atoms with Gasteiger partial charge in [0.1, 0.15) is 6.04 Å². The summed E-state index contributed by atoms with van der Waals surface area (Å²) in [5, 5.41) is 20.2. The van der Waals surface area contributed by atoms with E-state index in [0.29, 0.717) is 6.42 Å². The van der Waals surface area contributed by atoms with E-state index in [4.69, 9.17) is 10.2 Å². The van der Waals surface area contributed by atoms with Crippen LogP contribution in [0.3, 0.4) is 0 Å². The lowest BCUT2D eigenvalue weighted by atomic mass is 9.95. The number of aliphatic hydroxyl groups excluding tert-OH is 1. The van der Waals surface area contributed by atoms with Gasteiger partial charge >= 0.3 is 5.97 Å². The molecule has 1 amide bonds. The maximum atomic E-state index is 12.1. The Hall–Kier alpha value is -1.88. The summed E-state index contributed by atoms with van der Waals surface area (Å²) in [7, 11) is 0. The van der Waals surface area contributed by atoms with Gasteiger partial charge in [-0.1, -0.05) is 37.3 Å². The molecule has 0 saturated heterocycles. The van der Waals surface area contributed by atoms with Gasteiger partial charge in [-0.05, 0) is 12.0 Å². The summed E-state index contributed by atoms with van der Waals surface area (Å²) in [6.45, 7) is 1.60. The van der Waals surface area contributed by atoms with Gasteiger partial charge in [0, 0.05) is 13.0 Å². The number of hydrogen-bond donors (Lipinski definition) is 3. The second-order valence-electron chi connectivity index (χ2n) is 4.28. The Kier molecular flexibility index (Phi) is 6.02. The number of hydrogen-bond acceptors (Lipinski definition) is 3. The fourth-order valence-corrected chi connectivity index (χ4v) is 1.92. The number of carboxylic acid groups (broad SMARTS) is 1. The van der Waals surface area contributed by atoms with E-state index in [-0.39, 0.29) is 24.9 Å². The van der Waals surface area contributed by atoms with Crippen LogP contribution >= 0.6 is 0 Å². The Labute approximate surface area is 112 Å². The summed E-state index contributed by atoms with van der Waals surface area (Å²) in [4.78, 5) is 23.1. The first kappa shape index (κ1) is 15.2. The monoisotopic (exact) mass is 265 g/mol. The number of amides is 1. The minimum atomic E-state index is -1.13. The second-order valence-corrected chi connectivity index (χ2v) is 4.28. The molecule has 5 heteroatoms. The Bertz CT molecular complexity index is 419. The average Bonchev–Trinajstić information content (AvgIpc) is 2.40. The lowest BCUT2D eigenvalue weighted by Gasteiger charge is -2.19. The van der Waals surface area contributed by atoms with Crippen LogP contribution in [0.2, 0.25) is 0 Å². The first-order chi connectivity index (χ1) is 9.10. The smallest absolute Gasteiger partial charge is 0.326 e. The van der Waals surface area contributed by atoms with Crippen LogP contribution in [0, 0.1) is 0 Å². The topological polar surface area (TPSA) is 86.6 Å². The van der Waals surface area contributed by atoms with E-state index in [1.807, 2.05) is 37.3 Å². The molecule has 0 radical (unpaired) electrons. The van der Waals surface area contributed by atoms with Crippen molar-refractivity contribution in [1.29, 1.82) is 0 Å². The van der Waals surface area contributed by atoms with Gasteiger partial charge in [0.2, 0.25) is 5.91 Å². The van der Waals surface area contributed by atoms with Crippen LogP contribution in [0.4, 0.5) is 0 Å². The van der Waals surface area contributed by atoms with E-state index in [1.165, 1.54) is 0 Å². The second kappa shape index (κ2) is 7.53. The van der Waals surface area contributed by atoms with Gasteiger partial charge in [-0.3, -0.25) is 4.79 Å². The van der Waals surface area contributed by atoms with E-state index < -0.39 is 12.0 Å². The molecule has 2 atom stereocenters. The molecule has 104 valence electrons. The molecule has 1 aromatic carbocycles. The Morgan fingerprint density at radius 1 is 1.26 bits per heavy atom. The molecule has 0 aliphatic carbocycles. The van der Waals surface area contributed by atoms with Gasteiger partial charge < -0.3 is 15.5 Å². The zero-order valence-electron chi connectivity index (χ0n) is 10.9. The molecule has 1 aromatic rings. The molecule has 0 aliphatic heterocycles. The minimum absolute atomic E-state index is 0.00625. The van der Waals surface area contributed by atoms with Crippen molar-refractivity contribution in [3.8, 4) is 0 Å². The zero-order chi connectivity index (χ0) is 14.3. The standard InChI is InChI=1S/C14H19NO4/c1-2-11(10-6-4-3-5-7-10)13(17)15-12(8-9-16)14(18)19/h3-7,11-12,16H,2,8-9H2,1H3,(H,15,17)(H,18,19). The Morgan fingerprint density at radius 2 is 1.89 bits per heavy atom. The number of carboxylic acids is 1. The highest BCUT2D eigenvalue weighted by Gasteiger charge is 2.24. The van der Waals surface area contributed by atoms with E-state index in [1.54, 1.807) is 0 Å². The third kappa shape index (κ3) is 4.37. The van der Waals surface area contributed by atoms with Crippen molar-refractivity contribution in [1.82, 2.24) is 5.32 Å². The van der Waals surface area contributed by atoms with E-state index in [2.05, 4.69) is 5.32 Å². The average molecular weight is 265 g/mol. The molecular weight excluding hydrogens is 246 g/mol. The molecule has 0 heterocycles. The van der Waals surface area contributed by atoms with Crippen LogP contribution in [0.5, 0.6) is 0 Å². The SMILES string of the molecule is CCC(C(=O)NC(CCO)C(=O)O)c1ccccc1. The van der Waals surface area contributed by atoms with Crippen molar-refractivity contribution >= 4 is 11.9 Å². The minimum Gasteiger partial charge on any atom is -0.480 e. The van der Waals surface area contributed by atoms with Gasteiger partial charge in [0.25, 0.3) is 0 Å². The lowest BCUT2D eigenvalue weighted by molar-refractivity contribution is -0.142. The van der Waals surface area contributed by atoms with Crippen LogP contribution in [0.1, 0.15) is 31.2 Å². The Morgan fingerprint density at radius 3 is 2.37 bits per heavy atom. The molecule has 0 fully saturated rings. The van der Waals surface area contributed by atoms with Gasteiger partial charge in [-0.2, -0.15) is 0 Å². The number of carbonyl (C=O) groups excluding carboxylic acids is 1. The third-order valence-electron chi connectivity index (χ3n) is 2.96. The van der Waals surface area contributed by atoms with Crippen LogP contribution in [0.15, 0.2) is 30.3 Å². The molecule has 0 saturated carbocycles. The normalized spacial score (nSPS) is 13.6. The van der Waals surface area contributed by atoms with Gasteiger partial charge in [-0.25, -0.2) is 4.79 Å². The number of carbonyl (C=O) groups is 2. The van der Waals surface area contributed by atoms with E-state index in [0.717, 1.165) is 5.56 Å². The maximum absolute atomic E-state index is 12.1.